The average molecular weight is 420 g/mol. The number of halogens is 1. The molecular weight excluding hydrogens is 398 g/mol. The van der Waals surface area contributed by atoms with Crippen molar-refractivity contribution in [1.29, 1.82) is 0 Å². The zero-order valence-electron chi connectivity index (χ0n) is 14.7. The number of likely N-dealkylation sites (N-methyl/N-ethyl adjacent to an activating group) is 1. The van der Waals surface area contributed by atoms with Crippen molar-refractivity contribution in [3.05, 3.63) is 32.8 Å². The van der Waals surface area contributed by atoms with Crippen LogP contribution in [0.3, 0.4) is 0 Å². The maximum absolute atomic E-state index is 12.5. The van der Waals surface area contributed by atoms with E-state index in [1.54, 1.807) is 10.6 Å². The van der Waals surface area contributed by atoms with Crippen molar-refractivity contribution in [2.75, 3.05) is 20.6 Å². The Morgan fingerprint density at radius 1 is 1.38 bits per heavy atom. The minimum absolute atomic E-state index is 0.129. The summed E-state index contributed by atoms with van der Waals surface area (Å²) < 4.78 is 31.4. The molecule has 0 saturated heterocycles. The average Bonchev–Trinajstić information content (AvgIpc) is 3.06. The Balaban J connectivity index is 1.68. The van der Waals surface area contributed by atoms with Crippen molar-refractivity contribution in [2.24, 2.45) is 0 Å². The second-order valence-corrected chi connectivity index (χ2v) is 10.2. The van der Waals surface area contributed by atoms with Gasteiger partial charge in [-0.05, 0) is 39.1 Å². The van der Waals surface area contributed by atoms with Crippen molar-refractivity contribution in [1.82, 2.24) is 24.0 Å². The number of sulfonamides is 1. The van der Waals surface area contributed by atoms with Gasteiger partial charge in [0.05, 0.1) is 10.9 Å². The molecule has 144 valence electrons. The van der Waals surface area contributed by atoms with Gasteiger partial charge >= 0.3 is 5.69 Å². The molecule has 0 fully saturated rings. The van der Waals surface area contributed by atoms with E-state index in [1.165, 1.54) is 10.7 Å². The molecule has 2 aromatic heterocycles. The lowest BCUT2D eigenvalue weighted by atomic mass is 10.1. The van der Waals surface area contributed by atoms with Gasteiger partial charge in [-0.3, -0.25) is 4.57 Å². The molecule has 1 aliphatic rings. The van der Waals surface area contributed by atoms with Gasteiger partial charge in [0.25, 0.3) is 0 Å². The van der Waals surface area contributed by atoms with Crippen LogP contribution in [0.5, 0.6) is 0 Å². The van der Waals surface area contributed by atoms with E-state index in [-0.39, 0.29) is 15.9 Å². The molecule has 0 amide bonds. The lowest BCUT2D eigenvalue weighted by Gasteiger charge is -2.15. The molecule has 1 N–H and O–H groups in total. The Morgan fingerprint density at radius 2 is 2.15 bits per heavy atom. The van der Waals surface area contributed by atoms with Gasteiger partial charge in [0, 0.05) is 25.6 Å². The summed E-state index contributed by atoms with van der Waals surface area (Å²) >= 11 is 6.86. The summed E-state index contributed by atoms with van der Waals surface area (Å²) in [5, 5.41) is 4.42. The molecule has 0 aromatic carbocycles. The number of hydrogen-bond acceptors (Lipinski definition) is 6. The van der Waals surface area contributed by atoms with Crippen LogP contribution < -0.4 is 10.4 Å². The van der Waals surface area contributed by atoms with Gasteiger partial charge in [0.1, 0.15) is 10.0 Å². The fourth-order valence-electron chi connectivity index (χ4n) is 2.91. The quantitative estimate of drug-likeness (QED) is 0.754. The first-order chi connectivity index (χ1) is 12.3. The summed E-state index contributed by atoms with van der Waals surface area (Å²) in [4.78, 5) is 14.5. The minimum Gasteiger partial charge on any atom is -0.308 e. The largest absolute Gasteiger partial charge is 0.345 e. The Bertz CT molecular complexity index is 931. The number of hydrogen-bond donors (Lipinski definition) is 1. The van der Waals surface area contributed by atoms with Gasteiger partial charge in [0.2, 0.25) is 10.0 Å². The van der Waals surface area contributed by atoms with E-state index < -0.39 is 10.0 Å². The summed E-state index contributed by atoms with van der Waals surface area (Å²) in [6, 6.07) is 2.83. The number of fused-ring (bicyclic) bond motifs is 1. The first-order valence-corrected chi connectivity index (χ1v) is 11.0. The third-order valence-electron chi connectivity index (χ3n) is 4.31. The van der Waals surface area contributed by atoms with Gasteiger partial charge in [-0.25, -0.2) is 22.6 Å². The predicted octanol–water partition coefficient (Wildman–Crippen LogP) is 1.00. The normalized spacial score (nSPS) is 18.1. The highest BCUT2D eigenvalue weighted by atomic mass is 35.5. The van der Waals surface area contributed by atoms with Crippen LogP contribution >= 0.6 is 22.9 Å². The van der Waals surface area contributed by atoms with E-state index in [1.807, 2.05) is 19.0 Å². The Hall–Kier alpha value is -1.20. The van der Waals surface area contributed by atoms with Crippen molar-refractivity contribution < 1.29 is 8.42 Å². The molecule has 8 nitrogen and oxygen atoms in total. The summed E-state index contributed by atoms with van der Waals surface area (Å²) in [5.74, 6) is 0.717. The van der Waals surface area contributed by atoms with E-state index in [4.69, 9.17) is 11.6 Å². The summed E-state index contributed by atoms with van der Waals surface area (Å²) in [7, 11) is 0.299. The first kappa shape index (κ1) is 19.6. The van der Waals surface area contributed by atoms with Gasteiger partial charge in [-0.1, -0.05) is 11.6 Å². The lowest BCUT2D eigenvalue weighted by Crippen LogP contribution is -2.35. The second-order valence-electron chi connectivity index (χ2n) is 6.58. The molecule has 0 radical (unpaired) electrons. The van der Waals surface area contributed by atoms with Crippen LogP contribution in [-0.4, -0.2) is 54.3 Å². The summed E-state index contributed by atoms with van der Waals surface area (Å²) in [6.07, 6.45) is 1.70. The van der Waals surface area contributed by atoms with E-state index in [2.05, 4.69) is 9.82 Å². The third kappa shape index (κ3) is 4.37. The number of thiophene rings is 1. The third-order valence-corrected chi connectivity index (χ3v) is 7.55. The van der Waals surface area contributed by atoms with Crippen LogP contribution in [0.4, 0.5) is 0 Å². The Labute approximate surface area is 161 Å². The van der Waals surface area contributed by atoms with Crippen LogP contribution in [-0.2, 0) is 29.5 Å². The van der Waals surface area contributed by atoms with Crippen molar-refractivity contribution in [3.8, 4) is 0 Å². The summed E-state index contributed by atoms with van der Waals surface area (Å²) in [6.45, 7) is 1.73. The van der Waals surface area contributed by atoms with Crippen molar-refractivity contribution in [2.45, 2.75) is 42.6 Å². The molecular formula is C15H22ClN5O3S2. The highest BCUT2D eigenvalue weighted by molar-refractivity contribution is 7.91. The molecule has 3 rings (SSSR count). The molecule has 3 heterocycles. The highest BCUT2D eigenvalue weighted by Crippen LogP contribution is 2.26. The fourth-order valence-corrected chi connectivity index (χ4v) is 5.71. The molecule has 0 spiro atoms. The zero-order valence-corrected chi connectivity index (χ0v) is 17.1. The van der Waals surface area contributed by atoms with Gasteiger partial charge in [-0.15, -0.1) is 11.3 Å². The number of rotatable bonds is 6. The second kappa shape index (κ2) is 7.81. The molecule has 1 aliphatic heterocycles. The van der Waals surface area contributed by atoms with E-state index in [0.29, 0.717) is 36.7 Å². The van der Waals surface area contributed by atoms with Gasteiger partial charge in [-0.2, -0.15) is 5.10 Å². The molecule has 1 unspecified atom stereocenters. The summed E-state index contributed by atoms with van der Waals surface area (Å²) in [5.41, 5.74) is -0.129. The molecule has 11 heteroatoms. The van der Waals surface area contributed by atoms with Crippen molar-refractivity contribution in [3.63, 3.8) is 0 Å². The van der Waals surface area contributed by atoms with E-state index >= 15 is 0 Å². The number of nitrogens with zero attached hydrogens (tertiary/aromatic N) is 4. The van der Waals surface area contributed by atoms with Crippen molar-refractivity contribution >= 4 is 33.0 Å². The monoisotopic (exact) mass is 419 g/mol. The highest BCUT2D eigenvalue weighted by Gasteiger charge is 2.26. The minimum atomic E-state index is -3.60. The zero-order chi connectivity index (χ0) is 18.9. The smallest absolute Gasteiger partial charge is 0.308 e. The maximum Gasteiger partial charge on any atom is 0.345 e. The van der Waals surface area contributed by atoms with Crippen LogP contribution in [0.25, 0.3) is 0 Å². The first-order valence-electron chi connectivity index (χ1n) is 8.35. The molecule has 0 saturated carbocycles. The van der Waals surface area contributed by atoms with Crippen LogP contribution in [0.1, 0.15) is 18.7 Å². The number of aryl methyl sites for hydroxylation is 1. The molecule has 0 aliphatic carbocycles. The predicted molar refractivity (Wildman–Crippen MR) is 101 cm³/mol. The van der Waals surface area contributed by atoms with Crippen LogP contribution in [0.15, 0.2) is 21.1 Å². The number of nitrogens with one attached hydrogen (secondary N) is 1. The SMILES string of the molecule is CN(C)CCn1nc2n(c1=O)CCC(NS(=O)(=O)c1ccc(Cl)s1)CC2. The Morgan fingerprint density at radius 3 is 2.81 bits per heavy atom. The van der Waals surface area contributed by atoms with E-state index in [0.717, 1.165) is 23.7 Å². The molecule has 2 aromatic rings. The van der Waals surface area contributed by atoms with Gasteiger partial charge in [0.15, 0.2) is 0 Å². The van der Waals surface area contributed by atoms with Crippen LogP contribution in [0, 0.1) is 0 Å². The van der Waals surface area contributed by atoms with E-state index in [9.17, 15) is 13.2 Å². The fraction of sp³-hybridized carbons (Fsp3) is 0.600. The molecule has 0 bridgehead atoms. The number of aromatic nitrogens is 3. The van der Waals surface area contributed by atoms with Crippen LogP contribution in [0.2, 0.25) is 4.34 Å². The lowest BCUT2D eigenvalue weighted by molar-refractivity contribution is 0.367. The Kier molecular flexibility index (Phi) is 5.88. The molecule has 1 atom stereocenters. The maximum atomic E-state index is 12.5. The molecule has 26 heavy (non-hydrogen) atoms. The standard InChI is InChI=1S/C15H22ClN5O3S2/c1-19(2)9-10-21-15(22)20-8-7-11(3-5-13(20)17-21)18-26(23,24)14-6-4-12(16)25-14/h4,6,11,18H,3,5,7-10H2,1-2H3. The topological polar surface area (TPSA) is 89.2 Å². The van der Waals surface area contributed by atoms with Gasteiger partial charge < -0.3 is 4.90 Å².